The second-order valence-electron chi connectivity index (χ2n) is 3.80. The Kier molecular flexibility index (Phi) is 4.07. The summed E-state index contributed by atoms with van der Waals surface area (Å²) in [5, 5.41) is 9.42. The van der Waals surface area contributed by atoms with Crippen molar-refractivity contribution in [3.8, 4) is 11.8 Å². The molecule has 2 aromatic rings. The highest BCUT2D eigenvalue weighted by Crippen LogP contribution is 2.23. The van der Waals surface area contributed by atoms with Crippen LogP contribution in [0.25, 0.3) is 11.0 Å². The number of imidazole rings is 1. The summed E-state index contributed by atoms with van der Waals surface area (Å²) in [5.41, 5.74) is 7.38. The Morgan fingerprint density at radius 2 is 2.44 bits per heavy atom. The van der Waals surface area contributed by atoms with Gasteiger partial charge in [-0.15, -0.1) is 0 Å². The number of aromatic amines is 1. The fraction of sp³-hybridized carbons (Fsp3) is 0.333. The predicted molar refractivity (Wildman–Crippen MR) is 71.6 cm³/mol. The first kappa shape index (κ1) is 12.7. The highest BCUT2D eigenvalue weighted by Gasteiger charge is 2.06. The van der Waals surface area contributed by atoms with Crippen molar-refractivity contribution in [2.45, 2.75) is 17.6 Å². The van der Waals surface area contributed by atoms with E-state index in [2.05, 4.69) is 9.97 Å². The topological polar surface area (TPSA) is 87.7 Å². The van der Waals surface area contributed by atoms with Crippen LogP contribution in [0.3, 0.4) is 0 Å². The monoisotopic (exact) mass is 262 g/mol. The predicted octanol–water partition coefficient (Wildman–Crippen LogP) is 1.90. The summed E-state index contributed by atoms with van der Waals surface area (Å²) in [6, 6.07) is 7.31. The smallest absolute Gasteiger partial charge is 0.166 e. The van der Waals surface area contributed by atoms with E-state index in [1.807, 2.05) is 24.3 Å². The fourth-order valence-electron chi connectivity index (χ4n) is 1.51. The van der Waals surface area contributed by atoms with E-state index in [0.717, 1.165) is 27.7 Å². The molecule has 1 aromatic heterocycles. The molecular formula is C12H14N4OS. The molecule has 1 heterocycles. The number of benzene rings is 1. The number of H-pyrrole nitrogens is 1. The maximum Gasteiger partial charge on any atom is 0.166 e. The molecule has 0 aliphatic heterocycles. The van der Waals surface area contributed by atoms with Crippen LogP contribution >= 0.6 is 11.8 Å². The molecule has 0 amide bonds. The number of thioether (sulfide) groups is 1. The van der Waals surface area contributed by atoms with Crippen molar-refractivity contribution >= 4 is 22.8 Å². The molecule has 5 nitrogen and oxygen atoms in total. The molecule has 0 radical (unpaired) electrons. The van der Waals surface area contributed by atoms with Gasteiger partial charge in [-0.2, -0.15) is 5.26 Å². The minimum atomic E-state index is -0.401. The maximum absolute atomic E-state index is 8.58. The minimum Gasteiger partial charge on any atom is -0.497 e. The quantitative estimate of drug-likeness (QED) is 0.803. The summed E-state index contributed by atoms with van der Waals surface area (Å²) in [7, 11) is 1.64. The van der Waals surface area contributed by atoms with Crippen molar-refractivity contribution in [1.82, 2.24) is 9.97 Å². The van der Waals surface area contributed by atoms with E-state index in [9.17, 15) is 0 Å². The first-order valence-electron chi connectivity index (χ1n) is 5.54. The molecule has 1 unspecified atom stereocenters. The van der Waals surface area contributed by atoms with E-state index in [1.165, 1.54) is 0 Å². The van der Waals surface area contributed by atoms with Crippen LogP contribution in [0.2, 0.25) is 0 Å². The molecule has 0 saturated carbocycles. The van der Waals surface area contributed by atoms with Crippen molar-refractivity contribution in [2.24, 2.45) is 5.73 Å². The van der Waals surface area contributed by atoms with Crippen molar-refractivity contribution in [3.63, 3.8) is 0 Å². The second kappa shape index (κ2) is 5.76. The molecule has 18 heavy (non-hydrogen) atoms. The third-order valence-electron chi connectivity index (χ3n) is 2.50. The van der Waals surface area contributed by atoms with Gasteiger partial charge in [0.2, 0.25) is 0 Å². The molecule has 6 heteroatoms. The van der Waals surface area contributed by atoms with Gasteiger partial charge in [0.1, 0.15) is 5.75 Å². The van der Waals surface area contributed by atoms with Gasteiger partial charge >= 0.3 is 0 Å². The molecule has 94 valence electrons. The van der Waals surface area contributed by atoms with Gasteiger partial charge < -0.3 is 15.5 Å². The molecule has 3 N–H and O–H groups in total. The van der Waals surface area contributed by atoms with Gasteiger partial charge in [0.05, 0.1) is 30.3 Å². The minimum absolute atomic E-state index is 0.401. The van der Waals surface area contributed by atoms with Crippen molar-refractivity contribution in [3.05, 3.63) is 18.2 Å². The maximum atomic E-state index is 8.58. The third-order valence-corrected chi connectivity index (χ3v) is 3.41. The number of ether oxygens (including phenoxy) is 1. The molecule has 0 bridgehead atoms. The lowest BCUT2D eigenvalue weighted by atomic mass is 10.3. The molecule has 0 fully saturated rings. The summed E-state index contributed by atoms with van der Waals surface area (Å²) in [6.45, 7) is 0. The molecule has 0 aliphatic carbocycles. The summed E-state index contributed by atoms with van der Waals surface area (Å²) in [6.07, 6.45) is 0.654. The number of nitriles is 1. The number of hydrogen-bond acceptors (Lipinski definition) is 5. The normalized spacial score (nSPS) is 12.3. The lowest BCUT2D eigenvalue weighted by molar-refractivity contribution is 0.415. The van der Waals surface area contributed by atoms with Crippen LogP contribution in [0, 0.1) is 11.3 Å². The number of nitrogens with one attached hydrogen (secondary N) is 1. The third kappa shape index (κ3) is 2.94. The zero-order valence-electron chi connectivity index (χ0n) is 10.0. The lowest BCUT2D eigenvalue weighted by Crippen LogP contribution is -2.17. The molecule has 0 aliphatic rings. The Labute approximate surface area is 109 Å². The van der Waals surface area contributed by atoms with Crippen LogP contribution in [0.4, 0.5) is 0 Å². The van der Waals surface area contributed by atoms with E-state index in [1.54, 1.807) is 18.9 Å². The van der Waals surface area contributed by atoms with Crippen molar-refractivity contribution < 1.29 is 4.74 Å². The average molecular weight is 262 g/mol. The SMILES string of the molecule is COc1ccc2nc(SCCC(N)C#N)[nH]c2c1. The number of nitrogens with zero attached hydrogens (tertiary/aromatic N) is 2. The van der Waals surface area contributed by atoms with Gasteiger partial charge in [-0.25, -0.2) is 4.98 Å². The van der Waals surface area contributed by atoms with Crippen LogP contribution in [0.15, 0.2) is 23.4 Å². The summed E-state index contributed by atoms with van der Waals surface area (Å²) < 4.78 is 5.15. The summed E-state index contributed by atoms with van der Waals surface area (Å²) in [4.78, 5) is 7.65. The first-order chi connectivity index (χ1) is 8.72. The van der Waals surface area contributed by atoms with Gasteiger partial charge in [0.15, 0.2) is 5.16 Å². The Bertz CT molecular complexity index is 575. The summed E-state index contributed by atoms with van der Waals surface area (Å²) in [5.74, 6) is 1.57. The van der Waals surface area contributed by atoms with Crippen LogP contribution in [-0.2, 0) is 0 Å². The first-order valence-corrected chi connectivity index (χ1v) is 6.53. The highest BCUT2D eigenvalue weighted by atomic mass is 32.2. The van der Waals surface area contributed by atoms with E-state index in [4.69, 9.17) is 15.7 Å². The van der Waals surface area contributed by atoms with E-state index >= 15 is 0 Å². The lowest BCUT2D eigenvalue weighted by Gasteiger charge is -1.99. The number of methoxy groups -OCH3 is 1. The number of nitrogens with two attached hydrogens (primary N) is 1. The zero-order valence-corrected chi connectivity index (χ0v) is 10.8. The van der Waals surface area contributed by atoms with Gasteiger partial charge in [0.25, 0.3) is 0 Å². The standard InChI is InChI=1S/C12H14N4OS/c1-17-9-2-3-10-11(6-9)16-12(15-10)18-5-4-8(14)7-13/h2-3,6,8H,4-5,14H2,1H3,(H,15,16). The van der Waals surface area contributed by atoms with Gasteiger partial charge in [-0.3, -0.25) is 0 Å². The van der Waals surface area contributed by atoms with Crippen LogP contribution in [0.1, 0.15) is 6.42 Å². The average Bonchev–Trinajstić information content (AvgIpc) is 2.79. The number of rotatable bonds is 5. The largest absolute Gasteiger partial charge is 0.497 e. The van der Waals surface area contributed by atoms with E-state index < -0.39 is 6.04 Å². The van der Waals surface area contributed by atoms with E-state index in [0.29, 0.717) is 6.42 Å². The van der Waals surface area contributed by atoms with E-state index in [-0.39, 0.29) is 0 Å². The molecule has 1 aromatic carbocycles. The van der Waals surface area contributed by atoms with Crippen molar-refractivity contribution in [1.29, 1.82) is 5.26 Å². The van der Waals surface area contributed by atoms with Crippen LogP contribution in [-0.4, -0.2) is 28.9 Å². The Morgan fingerprint density at radius 1 is 1.61 bits per heavy atom. The molecular weight excluding hydrogens is 248 g/mol. The fourth-order valence-corrected chi connectivity index (χ4v) is 2.42. The molecule has 1 atom stereocenters. The van der Waals surface area contributed by atoms with Gasteiger partial charge in [-0.05, 0) is 18.6 Å². The zero-order chi connectivity index (χ0) is 13.0. The molecule has 0 spiro atoms. The summed E-state index contributed by atoms with van der Waals surface area (Å²) >= 11 is 1.56. The molecule has 2 rings (SSSR count). The Balaban J connectivity index is 2.04. The highest BCUT2D eigenvalue weighted by molar-refractivity contribution is 7.99. The second-order valence-corrected chi connectivity index (χ2v) is 4.88. The van der Waals surface area contributed by atoms with Crippen LogP contribution in [0.5, 0.6) is 5.75 Å². The molecule has 0 saturated heterocycles. The number of hydrogen-bond donors (Lipinski definition) is 2. The van der Waals surface area contributed by atoms with Crippen LogP contribution < -0.4 is 10.5 Å². The van der Waals surface area contributed by atoms with Gasteiger partial charge in [-0.1, -0.05) is 11.8 Å². The Morgan fingerprint density at radius 3 is 3.17 bits per heavy atom. The van der Waals surface area contributed by atoms with Gasteiger partial charge in [0, 0.05) is 11.8 Å². The van der Waals surface area contributed by atoms with Crippen molar-refractivity contribution in [2.75, 3.05) is 12.9 Å². The number of fused-ring (bicyclic) bond motifs is 1. The Hall–Kier alpha value is -1.71. The number of aromatic nitrogens is 2.